The van der Waals surface area contributed by atoms with E-state index in [1.165, 1.54) is 4.90 Å². The summed E-state index contributed by atoms with van der Waals surface area (Å²) in [7, 11) is 0. The Bertz CT molecular complexity index is 594. The summed E-state index contributed by atoms with van der Waals surface area (Å²) in [5.41, 5.74) is 1.65. The van der Waals surface area contributed by atoms with Gasteiger partial charge in [0, 0.05) is 18.0 Å². The van der Waals surface area contributed by atoms with E-state index in [1.807, 2.05) is 6.07 Å². The monoisotopic (exact) mass is 296 g/mol. The van der Waals surface area contributed by atoms with Crippen LogP contribution in [0.25, 0.3) is 11.3 Å². The highest BCUT2D eigenvalue weighted by Crippen LogP contribution is 2.33. The zero-order chi connectivity index (χ0) is 14.9. The van der Waals surface area contributed by atoms with Gasteiger partial charge in [-0.15, -0.1) is 0 Å². The Kier molecular flexibility index (Phi) is 3.67. The van der Waals surface area contributed by atoms with Crippen LogP contribution in [0.5, 0.6) is 0 Å². The first-order chi connectivity index (χ1) is 10.0. The summed E-state index contributed by atoms with van der Waals surface area (Å²) in [6.45, 7) is -0.437. The molecule has 3 heterocycles. The van der Waals surface area contributed by atoms with Gasteiger partial charge in [0.05, 0.1) is 24.5 Å². The quantitative estimate of drug-likeness (QED) is 0.946. The molecular formula is C14H15F3N4. The first kappa shape index (κ1) is 14.1. The van der Waals surface area contributed by atoms with Crippen molar-refractivity contribution in [3.8, 4) is 11.3 Å². The van der Waals surface area contributed by atoms with Gasteiger partial charge in [-0.05, 0) is 31.5 Å². The van der Waals surface area contributed by atoms with Crippen molar-refractivity contribution in [3.63, 3.8) is 0 Å². The smallest absolute Gasteiger partial charge is 0.341 e. The molecular weight excluding hydrogens is 281 g/mol. The molecule has 1 aliphatic heterocycles. The number of hydrogen-bond acceptors (Lipinski definition) is 3. The molecule has 1 fully saturated rings. The second-order valence-electron chi connectivity index (χ2n) is 5.17. The van der Waals surface area contributed by atoms with Crippen molar-refractivity contribution in [1.29, 1.82) is 0 Å². The predicted octanol–water partition coefficient (Wildman–Crippen LogP) is 3.17. The number of nitrogens with one attached hydrogen (secondary N) is 1. The highest BCUT2D eigenvalue weighted by molar-refractivity contribution is 5.56. The summed E-state index contributed by atoms with van der Waals surface area (Å²) in [4.78, 5) is 12.9. The number of rotatable bonds is 3. The lowest BCUT2D eigenvalue weighted by atomic mass is 10.2. The normalized spacial score (nSPS) is 20.0. The van der Waals surface area contributed by atoms with Gasteiger partial charge >= 0.3 is 6.18 Å². The van der Waals surface area contributed by atoms with Crippen molar-refractivity contribution in [2.75, 3.05) is 13.1 Å². The third-order valence-corrected chi connectivity index (χ3v) is 3.63. The minimum absolute atomic E-state index is 0.294. The van der Waals surface area contributed by atoms with Crippen molar-refractivity contribution in [1.82, 2.24) is 19.9 Å². The molecule has 1 saturated heterocycles. The Labute approximate surface area is 120 Å². The summed E-state index contributed by atoms with van der Waals surface area (Å²) < 4.78 is 37.8. The molecule has 1 aliphatic rings. The number of H-pyrrole nitrogens is 1. The Morgan fingerprint density at radius 3 is 2.90 bits per heavy atom. The molecule has 0 bridgehead atoms. The molecule has 3 rings (SSSR count). The molecule has 1 unspecified atom stereocenters. The van der Waals surface area contributed by atoms with E-state index in [4.69, 9.17) is 0 Å². The van der Waals surface area contributed by atoms with E-state index in [-0.39, 0.29) is 6.04 Å². The standard InChI is InChI=1S/C14H15F3N4/c15-14(16,17)9-21-6-2-4-12(21)13-19-8-11(20-13)10-3-1-5-18-7-10/h1,3,5,7-8,12H,2,4,6,9H2,(H,19,20). The van der Waals surface area contributed by atoms with Crippen LogP contribution in [0, 0.1) is 0 Å². The van der Waals surface area contributed by atoms with Crippen LogP contribution in [0.15, 0.2) is 30.7 Å². The maximum atomic E-state index is 12.6. The Morgan fingerprint density at radius 2 is 2.19 bits per heavy atom. The molecule has 21 heavy (non-hydrogen) atoms. The van der Waals surface area contributed by atoms with Crippen molar-refractivity contribution in [2.45, 2.75) is 25.1 Å². The minimum Gasteiger partial charge on any atom is -0.341 e. The molecule has 0 saturated carbocycles. The van der Waals surface area contributed by atoms with E-state index in [0.717, 1.165) is 17.7 Å². The molecule has 0 amide bonds. The van der Waals surface area contributed by atoms with Crippen LogP contribution in [-0.4, -0.2) is 39.1 Å². The molecule has 2 aromatic heterocycles. The van der Waals surface area contributed by atoms with Gasteiger partial charge in [-0.3, -0.25) is 9.88 Å². The van der Waals surface area contributed by atoms with Crippen molar-refractivity contribution >= 4 is 0 Å². The maximum Gasteiger partial charge on any atom is 0.401 e. The fourth-order valence-electron chi connectivity index (χ4n) is 2.73. The number of pyridine rings is 1. The SMILES string of the molecule is FC(F)(F)CN1CCCC1c1ncc(-c2cccnc2)[nH]1. The topological polar surface area (TPSA) is 44.8 Å². The van der Waals surface area contributed by atoms with E-state index in [2.05, 4.69) is 15.0 Å². The lowest BCUT2D eigenvalue weighted by Gasteiger charge is -2.23. The lowest BCUT2D eigenvalue weighted by Crippen LogP contribution is -2.34. The van der Waals surface area contributed by atoms with Gasteiger partial charge in [0.15, 0.2) is 0 Å². The summed E-state index contributed by atoms with van der Waals surface area (Å²) in [6.07, 6.45) is 2.28. The van der Waals surface area contributed by atoms with Gasteiger partial charge < -0.3 is 4.98 Å². The first-order valence-corrected chi connectivity index (χ1v) is 6.79. The summed E-state index contributed by atoms with van der Waals surface area (Å²) in [6, 6.07) is 3.39. The Morgan fingerprint density at radius 1 is 1.33 bits per heavy atom. The predicted molar refractivity (Wildman–Crippen MR) is 71.4 cm³/mol. The van der Waals surface area contributed by atoms with Crippen LogP contribution in [-0.2, 0) is 0 Å². The molecule has 4 nitrogen and oxygen atoms in total. The maximum absolute atomic E-state index is 12.6. The van der Waals surface area contributed by atoms with E-state index in [0.29, 0.717) is 18.8 Å². The highest BCUT2D eigenvalue weighted by atomic mass is 19.4. The molecule has 1 N–H and O–H groups in total. The van der Waals surface area contributed by atoms with Crippen LogP contribution >= 0.6 is 0 Å². The molecule has 1 atom stereocenters. The van der Waals surface area contributed by atoms with Crippen LogP contribution in [0.2, 0.25) is 0 Å². The molecule has 2 aromatic rings. The second-order valence-corrected chi connectivity index (χ2v) is 5.17. The van der Waals surface area contributed by atoms with Gasteiger partial charge in [-0.1, -0.05) is 0 Å². The van der Waals surface area contributed by atoms with E-state index in [1.54, 1.807) is 24.7 Å². The average molecular weight is 296 g/mol. The number of hydrogen-bond donors (Lipinski definition) is 1. The second kappa shape index (κ2) is 5.48. The van der Waals surface area contributed by atoms with Gasteiger partial charge in [-0.2, -0.15) is 13.2 Å². The van der Waals surface area contributed by atoms with Crippen molar-refractivity contribution in [3.05, 3.63) is 36.5 Å². The fraction of sp³-hybridized carbons (Fsp3) is 0.429. The molecule has 112 valence electrons. The van der Waals surface area contributed by atoms with Gasteiger partial charge in [0.2, 0.25) is 0 Å². The zero-order valence-electron chi connectivity index (χ0n) is 11.3. The number of aromatic amines is 1. The Balaban J connectivity index is 1.79. The molecule has 0 aromatic carbocycles. The third-order valence-electron chi connectivity index (χ3n) is 3.63. The van der Waals surface area contributed by atoms with Gasteiger partial charge in [0.1, 0.15) is 5.82 Å². The lowest BCUT2D eigenvalue weighted by molar-refractivity contribution is -0.148. The first-order valence-electron chi connectivity index (χ1n) is 6.79. The highest BCUT2D eigenvalue weighted by Gasteiger charge is 2.37. The van der Waals surface area contributed by atoms with Crippen LogP contribution in [0.4, 0.5) is 13.2 Å². The molecule has 0 radical (unpaired) electrons. The van der Waals surface area contributed by atoms with Gasteiger partial charge in [0.25, 0.3) is 0 Å². The molecule has 0 aliphatic carbocycles. The number of likely N-dealkylation sites (tertiary alicyclic amines) is 1. The summed E-state index contributed by atoms with van der Waals surface area (Å²) >= 11 is 0. The van der Waals surface area contributed by atoms with E-state index in [9.17, 15) is 13.2 Å². The number of alkyl halides is 3. The van der Waals surface area contributed by atoms with Crippen molar-refractivity contribution in [2.24, 2.45) is 0 Å². The number of nitrogens with zero attached hydrogens (tertiary/aromatic N) is 3. The molecule has 7 heteroatoms. The van der Waals surface area contributed by atoms with Crippen LogP contribution in [0.1, 0.15) is 24.7 Å². The van der Waals surface area contributed by atoms with E-state index >= 15 is 0 Å². The Hall–Kier alpha value is -1.89. The van der Waals surface area contributed by atoms with E-state index < -0.39 is 12.7 Å². The average Bonchev–Trinajstić information content (AvgIpc) is 3.06. The van der Waals surface area contributed by atoms with Crippen molar-refractivity contribution < 1.29 is 13.2 Å². The van der Waals surface area contributed by atoms with Crippen LogP contribution in [0.3, 0.4) is 0 Å². The van der Waals surface area contributed by atoms with Crippen LogP contribution < -0.4 is 0 Å². The minimum atomic E-state index is -4.18. The molecule has 0 spiro atoms. The number of imidazole rings is 1. The van der Waals surface area contributed by atoms with Gasteiger partial charge in [-0.25, -0.2) is 4.98 Å². The summed E-state index contributed by atoms with van der Waals surface area (Å²) in [5.74, 6) is 0.593. The summed E-state index contributed by atoms with van der Waals surface area (Å²) in [5, 5.41) is 0. The number of halogens is 3. The fourth-order valence-corrected chi connectivity index (χ4v) is 2.73. The zero-order valence-corrected chi connectivity index (χ0v) is 11.3. The third kappa shape index (κ3) is 3.24. The number of aromatic nitrogens is 3. The largest absolute Gasteiger partial charge is 0.401 e.